The maximum Gasteiger partial charge on any atom is 0.311 e. The Hall–Kier alpha value is -1.10. The highest BCUT2D eigenvalue weighted by Crippen LogP contribution is 2.21. The van der Waals surface area contributed by atoms with Gasteiger partial charge in [-0.15, -0.1) is 0 Å². The normalized spacial score (nSPS) is 11.0. The van der Waals surface area contributed by atoms with Crippen molar-refractivity contribution in [2.24, 2.45) is 10.8 Å². The Labute approximate surface area is 156 Å². The zero-order valence-electron chi connectivity index (χ0n) is 18.4. The van der Waals surface area contributed by atoms with Crippen LogP contribution in [0, 0.1) is 10.8 Å². The van der Waals surface area contributed by atoms with Gasteiger partial charge in [0.2, 0.25) is 0 Å². The summed E-state index contributed by atoms with van der Waals surface area (Å²) in [6.45, 7) is 23.7. The van der Waals surface area contributed by atoms with Crippen LogP contribution < -0.4 is 10.0 Å². The third-order valence-electron chi connectivity index (χ3n) is 4.65. The molecule has 0 unspecified atom stereocenters. The lowest BCUT2D eigenvalue weighted by Gasteiger charge is -2.22. The fourth-order valence-corrected chi connectivity index (χ4v) is 1.37. The van der Waals surface area contributed by atoms with Gasteiger partial charge in [0.1, 0.15) is 0 Å². The Balaban J connectivity index is -0.000000296. The van der Waals surface area contributed by atoms with E-state index >= 15 is 0 Å². The summed E-state index contributed by atoms with van der Waals surface area (Å²) < 4.78 is 4.86. The Morgan fingerprint density at radius 1 is 0.800 bits per heavy atom. The van der Waals surface area contributed by atoms with Crippen LogP contribution in [0.1, 0.15) is 82.1 Å². The number of carboxylic acids is 1. The Morgan fingerprint density at radius 2 is 1.16 bits per heavy atom. The molecule has 5 heteroatoms. The van der Waals surface area contributed by atoms with Gasteiger partial charge in [-0.2, -0.15) is 0 Å². The van der Waals surface area contributed by atoms with Gasteiger partial charge < -0.3 is 19.5 Å². The highest BCUT2D eigenvalue weighted by Gasteiger charge is 2.26. The number of carboxylic acid groups (broad SMARTS) is 1. The molecule has 0 aromatic carbocycles. The summed E-state index contributed by atoms with van der Waals surface area (Å²) in [6, 6.07) is 0. The molecule has 152 valence electrons. The van der Waals surface area contributed by atoms with Crippen molar-refractivity contribution in [3.8, 4) is 0 Å². The predicted molar refractivity (Wildman–Crippen MR) is 102 cm³/mol. The average Bonchev–Trinajstić information content (AvgIpc) is 2.57. The lowest BCUT2D eigenvalue weighted by Crippen LogP contribution is -3.11. The molecule has 0 fully saturated rings. The predicted octanol–water partition coefficient (Wildman–Crippen LogP) is 2.09. The fourth-order valence-electron chi connectivity index (χ4n) is 1.37. The van der Waals surface area contributed by atoms with Crippen molar-refractivity contribution in [3.05, 3.63) is 0 Å². The van der Waals surface area contributed by atoms with Crippen LogP contribution >= 0.6 is 0 Å². The van der Waals surface area contributed by atoms with Crippen molar-refractivity contribution in [1.29, 1.82) is 0 Å². The van der Waals surface area contributed by atoms with Crippen LogP contribution in [0.4, 0.5) is 0 Å². The second-order valence-electron chi connectivity index (χ2n) is 7.29. The number of carbonyl (C=O) groups excluding carboxylic acids is 2. The van der Waals surface area contributed by atoms with E-state index in [-0.39, 0.29) is 11.4 Å². The van der Waals surface area contributed by atoms with Crippen LogP contribution in [0.25, 0.3) is 0 Å². The fraction of sp³-hybridized carbons (Fsp3) is 0.900. The second kappa shape index (κ2) is 15.2. The van der Waals surface area contributed by atoms with Crippen LogP contribution in [-0.2, 0) is 14.3 Å². The van der Waals surface area contributed by atoms with Crippen molar-refractivity contribution in [3.63, 3.8) is 0 Å². The molecule has 0 rings (SSSR count). The Bertz CT molecular complexity index is 342. The smallest absolute Gasteiger partial charge is 0.311 e. The van der Waals surface area contributed by atoms with Crippen LogP contribution in [0.3, 0.4) is 0 Å². The van der Waals surface area contributed by atoms with E-state index in [1.54, 1.807) is 18.7 Å². The van der Waals surface area contributed by atoms with Gasteiger partial charge in [0.15, 0.2) is 0 Å². The first-order valence-electron chi connectivity index (χ1n) is 9.62. The van der Waals surface area contributed by atoms with Crippen molar-refractivity contribution >= 4 is 11.9 Å². The lowest BCUT2D eigenvalue weighted by molar-refractivity contribution is -0.894. The highest BCUT2D eigenvalue weighted by atomic mass is 16.5. The number of carbonyl (C=O) groups is 2. The van der Waals surface area contributed by atoms with Crippen LogP contribution in [0.2, 0.25) is 0 Å². The maximum absolute atomic E-state index is 11.1. The van der Waals surface area contributed by atoms with E-state index in [9.17, 15) is 14.7 Å². The molecule has 0 aliphatic rings. The van der Waals surface area contributed by atoms with Crippen LogP contribution in [0.15, 0.2) is 0 Å². The average molecular weight is 362 g/mol. The van der Waals surface area contributed by atoms with E-state index in [1.807, 2.05) is 34.6 Å². The summed E-state index contributed by atoms with van der Waals surface area (Å²) in [5, 5.41) is 10.1. The van der Waals surface area contributed by atoms with Crippen molar-refractivity contribution in [2.75, 3.05) is 26.2 Å². The minimum atomic E-state index is -0.972. The molecule has 25 heavy (non-hydrogen) atoms. The van der Waals surface area contributed by atoms with E-state index in [4.69, 9.17) is 4.74 Å². The molecule has 0 amide bonds. The van der Waals surface area contributed by atoms with E-state index in [0.29, 0.717) is 13.0 Å². The van der Waals surface area contributed by atoms with E-state index < -0.39 is 11.4 Å². The first-order chi connectivity index (χ1) is 11.4. The van der Waals surface area contributed by atoms with Gasteiger partial charge in [-0.1, -0.05) is 27.7 Å². The molecule has 0 aliphatic heterocycles. The number of quaternary nitrogens is 1. The number of rotatable bonds is 8. The highest BCUT2D eigenvalue weighted by molar-refractivity contribution is 5.75. The molecule has 0 spiro atoms. The SMILES string of the molecule is CCC(C)(C)C(=O)[O-].CCOC(=O)C(C)(C)CC.CC[NH+](CC)CC. The topological polar surface area (TPSA) is 70.9 Å². The molecule has 5 nitrogen and oxygen atoms in total. The second-order valence-corrected chi connectivity index (χ2v) is 7.29. The van der Waals surface area contributed by atoms with E-state index in [2.05, 4.69) is 20.8 Å². The van der Waals surface area contributed by atoms with Gasteiger partial charge in [-0.25, -0.2) is 0 Å². The zero-order valence-corrected chi connectivity index (χ0v) is 18.4. The first-order valence-corrected chi connectivity index (χ1v) is 9.62. The number of esters is 1. The van der Waals surface area contributed by atoms with Crippen LogP contribution in [-0.4, -0.2) is 38.2 Å². The van der Waals surface area contributed by atoms with E-state index in [0.717, 1.165) is 6.42 Å². The van der Waals surface area contributed by atoms with E-state index in [1.165, 1.54) is 19.6 Å². The van der Waals surface area contributed by atoms with Gasteiger partial charge >= 0.3 is 5.97 Å². The van der Waals surface area contributed by atoms with Crippen molar-refractivity contribution < 1.29 is 24.3 Å². The third kappa shape index (κ3) is 14.9. The van der Waals surface area contributed by atoms with Gasteiger partial charge in [0.25, 0.3) is 0 Å². The molecule has 0 heterocycles. The molecule has 0 bridgehead atoms. The molecule has 0 radical (unpaired) electrons. The van der Waals surface area contributed by atoms with Gasteiger partial charge in [-0.05, 0) is 54.4 Å². The number of hydrogen-bond acceptors (Lipinski definition) is 4. The first kappa shape index (κ1) is 28.7. The summed E-state index contributed by atoms with van der Waals surface area (Å²) in [5.41, 5.74) is -0.962. The standard InChI is InChI=1S/C8H16O2.C6H15N.C6H12O2/c1-5-8(3,4)7(9)10-6-2;1-4-7(5-2)6-3;1-4-6(2,3)5(7)8/h5-6H2,1-4H3;4-6H2,1-3H3;4H2,1-3H3,(H,7,8). The Morgan fingerprint density at radius 3 is 1.28 bits per heavy atom. The molecule has 0 saturated carbocycles. The molecule has 0 aromatic rings. The monoisotopic (exact) mass is 361 g/mol. The summed E-state index contributed by atoms with van der Waals surface area (Å²) >= 11 is 0. The number of hydrogen-bond donors (Lipinski definition) is 1. The quantitative estimate of drug-likeness (QED) is 0.672. The largest absolute Gasteiger partial charge is 0.550 e. The zero-order chi connectivity index (χ0) is 20.7. The third-order valence-corrected chi connectivity index (χ3v) is 4.65. The van der Waals surface area contributed by atoms with Gasteiger partial charge in [-0.3, -0.25) is 4.79 Å². The molecular formula is C20H43NO4. The summed E-state index contributed by atoms with van der Waals surface area (Å²) in [4.78, 5) is 22.9. The number of ether oxygens (including phenoxy) is 1. The summed E-state index contributed by atoms with van der Waals surface area (Å²) in [7, 11) is 0. The lowest BCUT2D eigenvalue weighted by atomic mass is 9.91. The summed E-state index contributed by atoms with van der Waals surface area (Å²) in [6.07, 6.45) is 1.45. The molecule has 0 atom stereocenters. The molecule has 1 N–H and O–H groups in total. The van der Waals surface area contributed by atoms with Crippen molar-refractivity contribution in [1.82, 2.24) is 0 Å². The molecule has 0 aromatic heterocycles. The number of nitrogens with one attached hydrogen (secondary N) is 1. The van der Waals surface area contributed by atoms with Gasteiger partial charge in [0.05, 0.1) is 31.7 Å². The minimum Gasteiger partial charge on any atom is -0.550 e. The molecule has 0 saturated heterocycles. The van der Waals surface area contributed by atoms with Gasteiger partial charge in [0, 0.05) is 11.4 Å². The Kier molecular flexibility index (Phi) is 17.4. The summed E-state index contributed by atoms with van der Waals surface area (Å²) in [5.74, 6) is -1.07. The molecular weight excluding hydrogens is 318 g/mol. The van der Waals surface area contributed by atoms with Crippen LogP contribution in [0.5, 0.6) is 0 Å². The van der Waals surface area contributed by atoms with Crippen molar-refractivity contribution in [2.45, 2.75) is 82.1 Å². The molecule has 0 aliphatic carbocycles. The maximum atomic E-state index is 11.1. The minimum absolute atomic E-state index is 0.0995. The number of aliphatic carboxylic acids is 1.